The van der Waals surface area contributed by atoms with Crippen LogP contribution in [0.2, 0.25) is 0 Å². The van der Waals surface area contributed by atoms with Gasteiger partial charge >= 0.3 is 0 Å². The van der Waals surface area contributed by atoms with Crippen molar-refractivity contribution in [2.75, 3.05) is 25.9 Å². The van der Waals surface area contributed by atoms with Crippen molar-refractivity contribution in [2.45, 2.75) is 50.2 Å². The quantitative estimate of drug-likeness (QED) is 0.805. The van der Waals surface area contributed by atoms with Crippen LogP contribution < -0.4 is 0 Å². The van der Waals surface area contributed by atoms with E-state index in [2.05, 4.69) is 0 Å². The van der Waals surface area contributed by atoms with Crippen LogP contribution in [0.15, 0.2) is 0 Å². The topological polar surface area (TPSA) is 77.9 Å². The summed E-state index contributed by atoms with van der Waals surface area (Å²) in [5, 5.41) is 10.6. The van der Waals surface area contributed by atoms with Crippen molar-refractivity contribution >= 4 is 15.9 Å². The monoisotopic (exact) mass is 316 g/mol. The molecule has 3 rings (SSSR count). The highest BCUT2D eigenvalue weighted by Gasteiger charge is 2.53. The Morgan fingerprint density at radius 1 is 1.29 bits per heavy atom. The predicted molar refractivity (Wildman–Crippen MR) is 78.1 cm³/mol. The van der Waals surface area contributed by atoms with Crippen LogP contribution in [0.1, 0.15) is 38.5 Å². The zero-order valence-corrected chi connectivity index (χ0v) is 13.3. The largest absolute Gasteiger partial charge is 0.389 e. The first kappa shape index (κ1) is 15.2. The predicted octanol–water partition coefficient (Wildman–Crippen LogP) is 0.174. The molecular weight excluding hydrogens is 292 g/mol. The summed E-state index contributed by atoms with van der Waals surface area (Å²) in [6.45, 7) is 1.29. The van der Waals surface area contributed by atoms with E-state index in [1.165, 1.54) is 10.6 Å². The van der Waals surface area contributed by atoms with Gasteiger partial charge in [-0.05, 0) is 38.0 Å². The van der Waals surface area contributed by atoms with Gasteiger partial charge < -0.3 is 10.0 Å². The number of sulfonamides is 1. The molecular formula is C14H24N2O4S. The van der Waals surface area contributed by atoms with Crippen molar-refractivity contribution in [3.05, 3.63) is 0 Å². The number of piperidine rings is 1. The first-order chi connectivity index (χ1) is 9.83. The number of hydrogen-bond donors (Lipinski definition) is 1. The normalized spacial score (nSPS) is 34.6. The van der Waals surface area contributed by atoms with E-state index in [-0.39, 0.29) is 12.5 Å². The van der Waals surface area contributed by atoms with Crippen LogP contribution in [0.3, 0.4) is 0 Å². The minimum absolute atomic E-state index is 0.107. The van der Waals surface area contributed by atoms with Crippen LogP contribution in [0.25, 0.3) is 0 Å². The maximum absolute atomic E-state index is 12.2. The lowest BCUT2D eigenvalue weighted by Crippen LogP contribution is -2.63. The van der Waals surface area contributed by atoms with Gasteiger partial charge in [0.25, 0.3) is 0 Å². The van der Waals surface area contributed by atoms with E-state index in [0.717, 1.165) is 19.3 Å². The number of amides is 1. The fraction of sp³-hybridized carbons (Fsp3) is 0.929. The van der Waals surface area contributed by atoms with E-state index in [4.69, 9.17) is 0 Å². The number of likely N-dealkylation sites (tertiary alicyclic amines) is 1. The highest BCUT2D eigenvalue weighted by atomic mass is 32.2. The minimum Gasteiger partial charge on any atom is -0.389 e. The maximum Gasteiger partial charge on any atom is 0.222 e. The molecule has 2 saturated heterocycles. The molecule has 2 heterocycles. The molecule has 2 aliphatic heterocycles. The summed E-state index contributed by atoms with van der Waals surface area (Å²) < 4.78 is 25.4. The van der Waals surface area contributed by atoms with E-state index >= 15 is 0 Å². The van der Waals surface area contributed by atoms with E-state index in [1.807, 2.05) is 0 Å². The molecule has 0 radical (unpaired) electrons. The van der Waals surface area contributed by atoms with Gasteiger partial charge in [0.1, 0.15) is 0 Å². The average molecular weight is 316 g/mol. The van der Waals surface area contributed by atoms with Gasteiger partial charge in [-0.1, -0.05) is 0 Å². The summed E-state index contributed by atoms with van der Waals surface area (Å²) in [6.07, 6.45) is 5.27. The van der Waals surface area contributed by atoms with Crippen LogP contribution in [0.5, 0.6) is 0 Å². The third-order valence-corrected chi connectivity index (χ3v) is 6.56. The van der Waals surface area contributed by atoms with E-state index in [1.54, 1.807) is 4.90 Å². The van der Waals surface area contributed by atoms with Crippen LogP contribution in [-0.4, -0.2) is 66.2 Å². The van der Waals surface area contributed by atoms with Crippen LogP contribution in [0, 0.1) is 5.92 Å². The molecule has 120 valence electrons. The molecule has 6 nitrogen and oxygen atoms in total. The Labute approximate surface area is 126 Å². The average Bonchev–Trinajstić information content (AvgIpc) is 3.09. The van der Waals surface area contributed by atoms with Gasteiger partial charge in [-0.25, -0.2) is 8.42 Å². The van der Waals surface area contributed by atoms with Gasteiger partial charge in [-0.15, -0.1) is 0 Å². The zero-order valence-electron chi connectivity index (χ0n) is 12.5. The number of carbonyl (C=O) groups excluding carboxylic acids is 1. The van der Waals surface area contributed by atoms with E-state index in [9.17, 15) is 18.3 Å². The number of hydrogen-bond acceptors (Lipinski definition) is 4. The number of β-amino-alcohol motifs (C(OH)–C–C–N with tert-alkyl or cyclic N) is 1. The molecule has 0 aromatic rings. The molecule has 0 unspecified atom stereocenters. The molecule has 0 aromatic carbocycles. The lowest BCUT2D eigenvalue weighted by Gasteiger charge is -2.47. The van der Waals surface area contributed by atoms with Crippen LogP contribution >= 0.6 is 0 Å². The molecule has 1 saturated carbocycles. The van der Waals surface area contributed by atoms with Gasteiger partial charge in [-0.3, -0.25) is 4.79 Å². The number of carbonyl (C=O) groups is 1. The van der Waals surface area contributed by atoms with Gasteiger partial charge in [0.15, 0.2) is 0 Å². The second-order valence-corrected chi connectivity index (χ2v) is 8.70. The fourth-order valence-corrected chi connectivity index (χ4v) is 5.27. The van der Waals surface area contributed by atoms with Gasteiger partial charge in [0.2, 0.25) is 15.9 Å². The summed E-state index contributed by atoms with van der Waals surface area (Å²) in [4.78, 5) is 13.9. The molecule has 21 heavy (non-hydrogen) atoms. The molecule has 1 N–H and O–H groups in total. The molecule has 0 bridgehead atoms. The van der Waals surface area contributed by atoms with Gasteiger partial charge in [-0.2, -0.15) is 4.31 Å². The SMILES string of the molecule is CS(=O)(=O)N1CCC[C@@]12CCN(C(=O)CC1CC1)C[C@@H]2O. The molecule has 7 heteroatoms. The molecule has 0 aromatic heterocycles. The Hall–Kier alpha value is -0.660. The zero-order chi connectivity index (χ0) is 15.3. The Bertz CT molecular complexity index is 531. The number of aliphatic hydroxyl groups is 1. The van der Waals surface area contributed by atoms with Crippen LogP contribution in [-0.2, 0) is 14.8 Å². The Kier molecular flexibility index (Phi) is 3.78. The van der Waals surface area contributed by atoms with E-state index in [0.29, 0.717) is 38.3 Å². The maximum atomic E-state index is 12.2. The van der Waals surface area contributed by atoms with Crippen molar-refractivity contribution in [1.82, 2.24) is 9.21 Å². The third-order valence-electron chi connectivity index (χ3n) is 5.21. The summed E-state index contributed by atoms with van der Waals surface area (Å²) >= 11 is 0. The van der Waals surface area contributed by atoms with Crippen molar-refractivity contribution < 1.29 is 18.3 Å². The molecule has 2 atom stereocenters. The molecule has 3 fully saturated rings. The van der Waals surface area contributed by atoms with E-state index < -0.39 is 21.7 Å². The molecule has 1 aliphatic carbocycles. The van der Waals surface area contributed by atoms with Crippen molar-refractivity contribution in [3.63, 3.8) is 0 Å². The lowest BCUT2D eigenvalue weighted by molar-refractivity contribution is -0.138. The standard InChI is InChI=1S/C14H24N2O4S/c1-21(19,20)16-7-2-5-14(16)6-8-15(10-12(14)17)13(18)9-11-3-4-11/h11-12,17H,2-10H2,1H3/t12-,14-/m0/s1. The Morgan fingerprint density at radius 2 is 2.00 bits per heavy atom. The van der Waals surface area contributed by atoms with Crippen molar-refractivity contribution in [1.29, 1.82) is 0 Å². The number of nitrogens with zero attached hydrogens (tertiary/aromatic N) is 2. The highest BCUT2D eigenvalue weighted by Crippen LogP contribution is 2.41. The van der Waals surface area contributed by atoms with Crippen molar-refractivity contribution in [3.8, 4) is 0 Å². The lowest BCUT2D eigenvalue weighted by atomic mass is 9.83. The fourth-order valence-electron chi connectivity index (χ4n) is 3.84. The summed E-state index contributed by atoms with van der Waals surface area (Å²) in [6, 6.07) is 0. The second-order valence-electron chi connectivity index (χ2n) is 6.80. The Morgan fingerprint density at radius 3 is 2.57 bits per heavy atom. The molecule has 1 amide bonds. The third kappa shape index (κ3) is 2.83. The summed E-state index contributed by atoms with van der Waals surface area (Å²) in [5.74, 6) is 0.639. The first-order valence-electron chi connectivity index (χ1n) is 7.76. The minimum atomic E-state index is -3.32. The molecule has 3 aliphatic rings. The smallest absolute Gasteiger partial charge is 0.222 e. The van der Waals surface area contributed by atoms with Crippen molar-refractivity contribution in [2.24, 2.45) is 5.92 Å². The highest BCUT2D eigenvalue weighted by molar-refractivity contribution is 7.88. The molecule has 1 spiro atoms. The second kappa shape index (κ2) is 5.21. The van der Waals surface area contributed by atoms with Gasteiger partial charge in [0, 0.05) is 26.1 Å². The Balaban J connectivity index is 1.71. The number of aliphatic hydroxyl groups excluding tert-OH is 1. The van der Waals surface area contributed by atoms with Crippen LogP contribution in [0.4, 0.5) is 0 Å². The summed E-state index contributed by atoms with van der Waals surface area (Å²) in [5.41, 5.74) is -0.691. The summed E-state index contributed by atoms with van der Waals surface area (Å²) in [7, 11) is -3.32. The first-order valence-corrected chi connectivity index (χ1v) is 9.61. The van der Waals surface area contributed by atoms with Gasteiger partial charge in [0.05, 0.1) is 17.9 Å². The number of rotatable bonds is 3.